The molecular weight excluding hydrogens is 595 g/mol. The molecule has 3 heteroatoms. The predicted molar refractivity (Wildman–Crippen MR) is 208 cm³/mol. The van der Waals surface area contributed by atoms with Crippen molar-refractivity contribution in [3.63, 3.8) is 0 Å². The lowest BCUT2D eigenvalue weighted by atomic mass is 10.0. The third-order valence-electron chi connectivity index (χ3n) is 10.9. The van der Waals surface area contributed by atoms with E-state index in [2.05, 4.69) is 177 Å². The number of hydrogen-bond donors (Lipinski definition) is 0. The Morgan fingerprint density at radius 3 is 1.39 bits per heavy atom. The first-order chi connectivity index (χ1) is 24.4. The van der Waals surface area contributed by atoms with E-state index in [1.165, 1.54) is 87.0 Å². The van der Waals surface area contributed by atoms with Crippen LogP contribution in [0.4, 0.5) is 17.1 Å². The number of aromatic nitrogens is 2. The molecule has 12 rings (SSSR count). The van der Waals surface area contributed by atoms with Gasteiger partial charge in [0, 0.05) is 59.9 Å². The predicted octanol–water partition coefficient (Wildman–Crippen LogP) is 12.6. The summed E-state index contributed by atoms with van der Waals surface area (Å²) in [7, 11) is 0. The van der Waals surface area contributed by atoms with E-state index >= 15 is 0 Å². The van der Waals surface area contributed by atoms with Crippen molar-refractivity contribution >= 4 is 104 Å². The fraction of sp³-hybridized carbons (Fsp3) is 0. The van der Waals surface area contributed by atoms with Gasteiger partial charge >= 0.3 is 0 Å². The summed E-state index contributed by atoms with van der Waals surface area (Å²) >= 11 is 0. The Balaban J connectivity index is 1.28. The summed E-state index contributed by atoms with van der Waals surface area (Å²) < 4.78 is 5.09. The molecular formula is C46H27N3. The molecule has 0 unspecified atom stereocenters. The largest absolute Gasteiger partial charge is 0.308 e. The Labute approximate surface area is 280 Å². The molecule has 0 fully saturated rings. The monoisotopic (exact) mass is 621 g/mol. The first-order valence-electron chi connectivity index (χ1n) is 17.0. The van der Waals surface area contributed by atoms with Gasteiger partial charge in [0.1, 0.15) is 0 Å². The molecule has 0 bridgehead atoms. The van der Waals surface area contributed by atoms with Crippen molar-refractivity contribution in [2.75, 3.05) is 4.90 Å². The molecule has 226 valence electrons. The van der Waals surface area contributed by atoms with Crippen molar-refractivity contribution in [2.24, 2.45) is 0 Å². The first-order valence-corrected chi connectivity index (χ1v) is 17.0. The Morgan fingerprint density at radius 2 is 0.755 bits per heavy atom. The summed E-state index contributed by atoms with van der Waals surface area (Å²) in [5.41, 5.74) is 11.1. The molecule has 12 aromatic rings. The van der Waals surface area contributed by atoms with Crippen molar-refractivity contribution in [1.29, 1.82) is 0 Å². The summed E-state index contributed by atoms with van der Waals surface area (Å²) in [6.45, 7) is 0. The molecule has 3 nitrogen and oxygen atoms in total. The van der Waals surface area contributed by atoms with Crippen molar-refractivity contribution in [3.05, 3.63) is 164 Å². The highest BCUT2D eigenvalue weighted by atomic mass is 15.2. The van der Waals surface area contributed by atoms with Crippen molar-refractivity contribution in [1.82, 2.24) is 8.80 Å². The second kappa shape index (κ2) is 9.06. The standard InChI is InChI=1S/C46H27N3/c1-3-13-29(14-4-1)47(30-15-5-2-6-16-30)40-23-11-20-34-32-18-9-22-37-42-39(49(45(32)37)46(34)40)27-26-38-41(42)36-21-10-19-33-35-25-24-28-12-7-8-17-31(28)43(35)48(38)44(33)36/h1-27H. The fourth-order valence-electron chi connectivity index (χ4n) is 9.07. The van der Waals surface area contributed by atoms with Crippen LogP contribution in [0.5, 0.6) is 0 Å². The molecule has 0 spiro atoms. The first kappa shape index (κ1) is 25.5. The van der Waals surface area contributed by atoms with Gasteiger partial charge in [-0.2, -0.15) is 0 Å². The maximum absolute atomic E-state index is 2.55. The van der Waals surface area contributed by atoms with E-state index in [1.54, 1.807) is 0 Å². The van der Waals surface area contributed by atoms with Gasteiger partial charge in [-0.05, 0) is 47.9 Å². The molecule has 0 N–H and O–H groups in total. The Bertz CT molecular complexity index is 3220. The van der Waals surface area contributed by atoms with E-state index in [0.29, 0.717) is 0 Å². The van der Waals surface area contributed by atoms with Gasteiger partial charge in [-0.1, -0.05) is 121 Å². The van der Waals surface area contributed by atoms with Gasteiger partial charge in [-0.15, -0.1) is 0 Å². The number of hydrogen-bond acceptors (Lipinski definition) is 1. The van der Waals surface area contributed by atoms with Crippen LogP contribution in [0, 0.1) is 0 Å². The summed E-state index contributed by atoms with van der Waals surface area (Å²) in [4.78, 5) is 2.40. The quantitative estimate of drug-likeness (QED) is 0.191. The van der Waals surface area contributed by atoms with Gasteiger partial charge in [0.25, 0.3) is 0 Å². The SMILES string of the molecule is c1ccc(N(c2ccccc2)c2cccc3c4cccc5c6c7c8cccc9c%10ccc%11ccccc%11c%10n(c7ccc6n(c23)c45)c98)cc1. The van der Waals surface area contributed by atoms with E-state index in [-0.39, 0.29) is 0 Å². The van der Waals surface area contributed by atoms with Crippen molar-refractivity contribution in [2.45, 2.75) is 0 Å². The zero-order chi connectivity index (χ0) is 31.8. The maximum atomic E-state index is 2.55. The highest BCUT2D eigenvalue weighted by Gasteiger charge is 2.26. The molecule has 8 aromatic carbocycles. The second-order valence-corrected chi connectivity index (χ2v) is 13.3. The van der Waals surface area contributed by atoms with Crippen LogP contribution in [0.2, 0.25) is 0 Å². The van der Waals surface area contributed by atoms with Gasteiger partial charge in [0.15, 0.2) is 0 Å². The normalized spacial score (nSPS) is 12.5. The molecule has 0 radical (unpaired) electrons. The third-order valence-corrected chi connectivity index (χ3v) is 10.9. The number of rotatable bonds is 3. The summed E-state index contributed by atoms with van der Waals surface area (Å²) in [6, 6.07) is 60.1. The van der Waals surface area contributed by atoms with Crippen LogP contribution >= 0.6 is 0 Å². The average Bonchev–Trinajstić information content (AvgIpc) is 3.89. The molecule has 4 heterocycles. The van der Waals surface area contributed by atoms with Crippen LogP contribution in [0.3, 0.4) is 0 Å². The molecule has 0 aliphatic rings. The smallest absolute Gasteiger partial charge is 0.0782 e. The molecule has 0 saturated carbocycles. The third kappa shape index (κ3) is 3.09. The fourth-order valence-corrected chi connectivity index (χ4v) is 9.07. The molecule has 0 saturated heterocycles. The number of nitrogens with zero attached hydrogens (tertiary/aromatic N) is 3. The van der Waals surface area contributed by atoms with Crippen LogP contribution in [0.25, 0.3) is 87.0 Å². The van der Waals surface area contributed by atoms with Gasteiger partial charge in [-0.25, -0.2) is 0 Å². The highest BCUT2D eigenvalue weighted by Crippen LogP contribution is 2.49. The lowest BCUT2D eigenvalue weighted by molar-refractivity contribution is 1.27. The number of anilines is 3. The zero-order valence-electron chi connectivity index (χ0n) is 26.4. The minimum atomic E-state index is 1.14. The van der Waals surface area contributed by atoms with E-state index in [1.807, 2.05) is 0 Å². The topological polar surface area (TPSA) is 12.1 Å². The minimum absolute atomic E-state index is 1.14. The number of fused-ring (bicyclic) bond motifs is 15. The molecule has 0 aliphatic heterocycles. The number of benzene rings is 8. The van der Waals surface area contributed by atoms with Crippen molar-refractivity contribution in [3.8, 4) is 0 Å². The molecule has 0 aliphatic carbocycles. The van der Waals surface area contributed by atoms with Crippen LogP contribution in [-0.2, 0) is 0 Å². The molecule has 0 amide bonds. The summed E-state index contributed by atoms with van der Waals surface area (Å²) in [5.74, 6) is 0. The summed E-state index contributed by atoms with van der Waals surface area (Å²) in [6.07, 6.45) is 0. The second-order valence-electron chi connectivity index (χ2n) is 13.3. The zero-order valence-corrected chi connectivity index (χ0v) is 26.4. The van der Waals surface area contributed by atoms with E-state index in [0.717, 1.165) is 17.1 Å². The Hall–Kier alpha value is -6.58. The minimum Gasteiger partial charge on any atom is -0.308 e. The Kier molecular flexibility index (Phi) is 4.72. The van der Waals surface area contributed by atoms with Crippen molar-refractivity contribution < 1.29 is 0 Å². The van der Waals surface area contributed by atoms with Gasteiger partial charge in [-0.3, -0.25) is 0 Å². The molecule has 4 aromatic heterocycles. The average molecular weight is 622 g/mol. The lowest BCUT2D eigenvalue weighted by Crippen LogP contribution is -2.10. The van der Waals surface area contributed by atoms with Gasteiger partial charge < -0.3 is 13.7 Å². The van der Waals surface area contributed by atoms with E-state index in [4.69, 9.17) is 0 Å². The van der Waals surface area contributed by atoms with Crippen LogP contribution in [-0.4, -0.2) is 8.80 Å². The van der Waals surface area contributed by atoms with Gasteiger partial charge in [0.05, 0.1) is 38.8 Å². The van der Waals surface area contributed by atoms with Gasteiger partial charge in [0.2, 0.25) is 0 Å². The van der Waals surface area contributed by atoms with E-state index < -0.39 is 0 Å². The Morgan fingerprint density at radius 1 is 0.306 bits per heavy atom. The maximum Gasteiger partial charge on any atom is 0.0782 e. The van der Waals surface area contributed by atoms with Crippen LogP contribution < -0.4 is 4.90 Å². The summed E-state index contributed by atoms with van der Waals surface area (Å²) in [5, 5.41) is 13.0. The lowest BCUT2D eigenvalue weighted by Gasteiger charge is -2.26. The highest BCUT2D eigenvalue weighted by molar-refractivity contribution is 6.36. The number of para-hydroxylation sites is 5. The van der Waals surface area contributed by atoms with Crippen LogP contribution in [0.1, 0.15) is 0 Å². The van der Waals surface area contributed by atoms with E-state index in [9.17, 15) is 0 Å². The van der Waals surface area contributed by atoms with Crippen LogP contribution in [0.15, 0.2) is 164 Å². The molecule has 0 atom stereocenters. The molecule has 49 heavy (non-hydrogen) atoms.